The Bertz CT molecular complexity index is 474. The SMILES string of the molecule is C1CCC(NC2CCCCC2)CC1.C=CCOC[C@H](NC)C(=O)O.CN[C@@H](CO)C(=O)O. The number of carboxylic acid groups (broad SMARTS) is 2. The van der Waals surface area contributed by atoms with Crippen molar-refractivity contribution in [3.8, 4) is 0 Å². The monoisotopic (exact) mass is 459 g/mol. The first-order chi connectivity index (χ1) is 15.4. The number of likely N-dealkylation sites (N-methyl/N-ethyl adjacent to an activating group) is 2. The number of aliphatic hydroxyl groups is 1. The smallest absolute Gasteiger partial charge is 0.323 e. The molecule has 0 aromatic carbocycles. The number of carboxylic acids is 2. The van der Waals surface area contributed by atoms with Crippen molar-refractivity contribution >= 4 is 11.9 Å². The molecule has 2 aliphatic rings. The molecule has 0 saturated heterocycles. The van der Waals surface area contributed by atoms with Crippen molar-refractivity contribution in [3.63, 3.8) is 0 Å². The van der Waals surface area contributed by atoms with Crippen LogP contribution in [0.15, 0.2) is 12.7 Å². The van der Waals surface area contributed by atoms with Crippen LogP contribution >= 0.6 is 0 Å². The molecule has 0 heterocycles. The average molecular weight is 460 g/mol. The highest BCUT2D eigenvalue weighted by Crippen LogP contribution is 2.22. The van der Waals surface area contributed by atoms with Gasteiger partial charge in [-0.3, -0.25) is 9.59 Å². The van der Waals surface area contributed by atoms with E-state index in [9.17, 15) is 9.59 Å². The molecule has 0 spiro atoms. The van der Waals surface area contributed by atoms with E-state index >= 15 is 0 Å². The minimum Gasteiger partial charge on any atom is -0.480 e. The Kier molecular flexibility index (Phi) is 19.2. The van der Waals surface area contributed by atoms with Crippen LogP contribution in [0.4, 0.5) is 0 Å². The quantitative estimate of drug-likeness (QED) is 0.201. The number of aliphatic carboxylic acids is 2. The van der Waals surface area contributed by atoms with Crippen LogP contribution in [0.3, 0.4) is 0 Å². The second-order valence-corrected chi connectivity index (χ2v) is 8.20. The van der Waals surface area contributed by atoms with Gasteiger partial charge in [0, 0.05) is 12.1 Å². The summed E-state index contributed by atoms with van der Waals surface area (Å²) in [4.78, 5) is 20.3. The molecule has 2 aliphatic carbocycles. The van der Waals surface area contributed by atoms with Crippen LogP contribution in [0.25, 0.3) is 0 Å². The zero-order valence-corrected chi connectivity index (χ0v) is 19.9. The molecule has 32 heavy (non-hydrogen) atoms. The fourth-order valence-corrected chi connectivity index (χ4v) is 3.71. The first-order valence-corrected chi connectivity index (χ1v) is 11.7. The lowest BCUT2D eigenvalue weighted by atomic mass is 9.91. The number of aliphatic hydroxyl groups excluding tert-OH is 1. The van der Waals surface area contributed by atoms with Crippen molar-refractivity contribution in [1.82, 2.24) is 16.0 Å². The summed E-state index contributed by atoms with van der Waals surface area (Å²) >= 11 is 0. The molecule has 0 aliphatic heterocycles. The molecule has 9 nitrogen and oxygen atoms in total. The fraction of sp³-hybridized carbons (Fsp3) is 0.826. The molecule has 188 valence electrons. The molecule has 2 atom stereocenters. The Morgan fingerprint density at radius 1 is 0.906 bits per heavy atom. The summed E-state index contributed by atoms with van der Waals surface area (Å²) in [6, 6.07) is 0.290. The summed E-state index contributed by atoms with van der Waals surface area (Å²) < 4.78 is 4.94. The van der Waals surface area contributed by atoms with Gasteiger partial charge in [0.15, 0.2) is 0 Å². The van der Waals surface area contributed by atoms with Crippen LogP contribution in [0.5, 0.6) is 0 Å². The molecule has 0 bridgehead atoms. The number of nitrogens with one attached hydrogen (secondary N) is 3. The van der Waals surface area contributed by atoms with E-state index < -0.39 is 24.0 Å². The molecule has 0 aromatic rings. The lowest BCUT2D eigenvalue weighted by Crippen LogP contribution is -2.40. The molecular formula is C23H45N3O6. The van der Waals surface area contributed by atoms with E-state index in [2.05, 4.69) is 22.5 Å². The summed E-state index contributed by atoms with van der Waals surface area (Å²) in [5, 5.41) is 33.8. The van der Waals surface area contributed by atoms with Crippen molar-refractivity contribution in [2.24, 2.45) is 0 Å². The molecule has 0 aromatic heterocycles. The molecule has 6 N–H and O–H groups in total. The van der Waals surface area contributed by atoms with E-state index in [1.54, 1.807) is 13.1 Å². The maximum absolute atomic E-state index is 10.4. The highest BCUT2D eigenvalue weighted by molar-refractivity contribution is 5.73. The molecule has 0 radical (unpaired) electrons. The third-order valence-electron chi connectivity index (χ3n) is 5.68. The maximum atomic E-state index is 10.4. The third kappa shape index (κ3) is 15.3. The summed E-state index contributed by atoms with van der Waals surface area (Å²) in [5.41, 5.74) is 0. The van der Waals surface area contributed by atoms with Gasteiger partial charge in [0.2, 0.25) is 0 Å². The van der Waals surface area contributed by atoms with Crippen LogP contribution < -0.4 is 16.0 Å². The van der Waals surface area contributed by atoms with Gasteiger partial charge >= 0.3 is 11.9 Å². The predicted molar refractivity (Wildman–Crippen MR) is 126 cm³/mol. The molecule has 9 heteroatoms. The van der Waals surface area contributed by atoms with Gasteiger partial charge in [0.25, 0.3) is 0 Å². The van der Waals surface area contributed by atoms with Crippen molar-refractivity contribution in [1.29, 1.82) is 0 Å². The summed E-state index contributed by atoms with van der Waals surface area (Å²) in [7, 11) is 3.06. The van der Waals surface area contributed by atoms with Crippen LogP contribution in [0.2, 0.25) is 0 Å². The Labute approximate surface area is 193 Å². The summed E-state index contributed by atoms with van der Waals surface area (Å²) in [6.07, 6.45) is 16.1. The number of hydrogen-bond acceptors (Lipinski definition) is 7. The Balaban J connectivity index is 0.000000466. The van der Waals surface area contributed by atoms with Crippen molar-refractivity contribution in [2.45, 2.75) is 88.4 Å². The Morgan fingerprint density at radius 3 is 1.62 bits per heavy atom. The van der Waals surface area contributed by atoms with Gasteiger partial charge in [-0.1, -0.05) is 44.6 Å². The van der Waals surface area contributed by atoms with Crippen LogP contribution in [-0.2, 0) is 14.3 Å². The minimum absolute atomic E-state index is 0.165. The highest BCUT2D eigenvalue weighted by atomic mass is 16.5. The van der Waals surface area contributed by atoms with Gasteiger partial charge in [-0.15, -0.1) is 6.58 Å². The standard InChI is InChI=1S/C12H23N.C7H13NO3.C4H9NO3/c1-3-7-11(8-4-1)13-12-9-5-2-6-10-12;1-3-4-11-5-6(8-2)7(9)10;1-5-3(2-6)4(7)8/h11-13H,1-10H2;3,6,8H,1,4-5H2,2H3,(H,9,10);3,5-6H,2H2,1H3,(H,7,8)/t;6-;3-/m.00/s1. The Morgan fingerprint density at radius 2 is 1.34 bits per heavy atom. The first-order valence-electron chi connectivity index (χ1n) is 11.7. The van der Waals surface area contributed by atoms with E-state index in [4.69, 9.17) is 20.1 Å². The zero-order valence-electron chi connectivity index (χ0n) is 19.9. The molecule has 2 fully saturated rings. The molecule has 0 unspecified atom stereocenters. The van der Waals surface area contributed by atoms with Gasteiger partial charge in [0.1, 0.15) is 12.1 Å². The van der Waals surface area contributed by atoms with Gasteiger partial charge in [-0.25, -0.2) is 0 Å². The van der Waals surface area contributed by atoms with Crippen LogP contribution in [-0.4, -0.2) is 85.3 Å². The lowest BCUT2D eigenvalue weighted by Gasteiger charge is -2.30. The van der Waals surface area contributed by atoms with Crippen molar-refractivity contribution in [2.75, 3.05) is 33.9 Å². The largest absolute Gasteiger partial charge is 0.480 e. The van der Waals surface area contributed by atoms with Crippen LogP contribution in [0.1, 0.15) is 64.2 Å². The Hall–Kier alpha value is -1.52. The van der Waals surface area contributed by atoms with E-state index in [-0.39, 0.29) is 13.2 Å². The second-order valence-electron chi connectivity index (χ2n) is 8.20. The van der Waals surface area contributed by atoms with Crippen molar-refractivity contribution < 1.29 is 29.6 Å². The van der Waals surface area contributed by atoms with E-state index in [1.807, 2.05) is 0 Å². The predicted octanol–water partition coefficient (Wildman–Crippen LogP) is 1.75. The lowest BCUT2D eigenvalue weighted by molar-refractivity contribution is -0.141. The van der Waals surface area contributed by atoms with Gasteiger partial charge in [-0.2, -0.15) is 0 Å². The van der Waals surface area contributed by atoms with Crippen molar-refractivity contribution in [3.05, 3.63) is 12.7 Å². The van der Waals surface area contributed by atoms with E-state index in [0.717, 1.165) is 12.1 Å². The minimum atomic E-state index is -1.03. The number of hydrogen-bond donors (Lipinski definition) is 6. The van der Waals surface area contributed by atoms with E-state index in [0.29, 0.717) is 6.61 Å². The highest BCUT2D eigenvalue weighted by Gasteiger charge is 2.19. The fourth-order valence-electron chi connectivity index (χ4n) is 3.71. The maximum Gasteiger partial charge on any atom is 0.323 e. The molecule has 0 amide bonds. The van der Waals surface area contributed by atoms with E-state index in [1.165, 1.54) is 71.3 Å². The topological polar surface area (TPSA) is 140 Å². The first kappa shape index (κ1) is 30.5. The number of carbonyl (C=O) groups is 2. The zero-order chi connectivity index (χ0) is 24.2. The number of rotatable bonds is 11. The average Bonchev–Trinajstić information content (AvgIpc) is 2.79. The normalized spacial score (nSPS) is 18.8. The summed E-state index contributed by atoms with van der Waals surface area (Å²) in [6.45, 7) is 3.61. The van der Waals surface area contributed by atoms with Gasteiger partial charge in [0.05, 0.1) is 19.8 Å². The van der Waals surface area contributed by atoms with Gasteiger partial charge in [-0.05, 0) is 39.8 Å². The molecule has 2 rings (SSSR count). The second kappa shape index (κ2) is 20.1. The van der Waals surface area contributed by atoms with Gasteiger partial charge < -0.3 is 36.0 Å². The summed E-state index contributed by atoms with van der Waals surface area (Å²) in [5.74, 6) is -1.94. The number of ether oxygens (including phenoxy) is 1. The molecule has 2 saturated carbocycles. The van der Waals surface area contributed by atoms with Crippen LogP contribution in [0, 0.1) is 0 Å². The third-order valence-corrected chi connectivity index (χ3v) is 5.68. The molecular weight excluding hydrogens is 414 g/mol.